The molecule has 0 fully saturated rings. The third kappa shape index (κ3) is 8.56. The third-order valence-electron chi connectivity index (χ3n) is 1.20. The zero-order valence-corrected chi connectivity index (χ0v) is 9.03. The van der Waals surface area contributed by atoms with Crippen molar-refractivity contribution in [2.75, 3.05) is 20.3 Å². The summed E-state index contributed by atoms with van der Waals surface area (Å²) in [7, 11) is -0.411. The average Bonchev–Trinajstić information content (AvgIpc) is 2.10. The average molecular weight is 212 g/mol. The number of hydrogen-bond acceptors (Lipinski definition) is 5. The summed E-state index contributed by atoms with van der Waals surface area (Å²) in [6.07, 6.45) is -0.651. The highest BCUT2D eigenvalue weighted by Crippen LogP contribution is 2.31. The molecule has 13 heavy (non-hydrogen) atoms. The third-order valence-corrected chi connectivity index (χ3v) is 1.88. The first kappa shape index (κ1) is 13.2. The van der Waals surface area contributed by atoms with Gasteiger partial charge in [0.2, 0.25) is 0 Å². The van der Waals surface area contributed by atoms with Crippen molar-refractivity contribution >= 4 is 8.60 Å². The molecule has 0 aliphatic heterocycles. The Morgan fingerprint density at radius 1 is 1.31 bits per heavy atom. The Kier molecular flexibility index (Phi) is 7.75. The number of ether oxygens (including phenoxy) is 1. The molecule has 0 spiro atoms. The van der Waals surface area contributed by atoms with Gasteiger partial charge in [0.1, 0.15) is 0 Å². The zero-order valence-electron chi connectivity index (χ0n) is 8.14. The topological polar surface area (TPSA) is 68.2 Å². The van der Waals surface area contributed by atoms with E-state index >= 15 is 0 Å². The fraction of sp³-hybridized carbons (Fsp3) is 1.00. The molecule has 0 aromatic heterocycles. The zero-order chi connectivity index (χ0) is 10.3. The maximum Gasteiger partial charge on any atom is 0.329 e. The fourth-order valence-electron chi connectivity index (χ4n) is 0.573. The molecule has 0 amide bonds. The predicted octanol–water partition coefficient (Wildman–Crippen LogP) is 0.654. The molecule has 3 unspecified atom stereocenters. The van der Waals surface area contributed by atoms with E-state index in [4.69, 9.17) is 19.3 Å². The van der Waals surface area contributed by atoms with Crippen LogP contribution in [0, 0.1) is 0 Å². The maximum absolute atomic E-state index is 8.90. The molecule has 0 rings (SSSR count). The molecule has 0 heterocycles. The number of aliphatic hydroxyl groups excluding tert-OH is 1. The van der Waals surface area contributed by atoms with Crippen LogP contribution in [-0.2, 0) is 13.8 Å². The van der Waals surface area contributed by atoms with E-state index < -0.39 is 14.7 Å². The Labute approximate surface area is 79.6 Å². The molecule has 0 saturated heterocycles. The van der Waals surface area contributed by atoms with Crippen LogP contribution in [0.5, 0.6) is 0 Å². The minimum Gasteiger partial charge on any atom is -0.391 e. The van der Waals surface area contributed by atoms with Gasteiger partial charge in [-0.05, 0) is 13.8 Å². The van der Waals surface area contributed by atoms with Crippen LogP contribution in [0.25, 0.3) is 0 Å². The Balaban J connectivity index is 3.34. The molecule has 5 nitrogen and oxygen atoms in total. The van der Waals surface area contributed by atoms with E-state index in [1.54, 1.807) is 13.8 Å². The summed E-state index contributed by atoms with van der Waals surface area (Å²) in [5.74, 6) is 0. The van der Waals surface area contributed by atoms with Crippen molar-refractivity contribution in [2.45, 2.75) is 26.1 Å². The number of hydrogen-bond donors (Lipinski definition) is 2. The van der Waals surface area contributed by atoms with Gasteiger partial charge in [0.15, 0.2) is 0 Å². The van der Waals surface area contributed by atoms with Crippen molar-refractivity contribution in [3.8, 4) is 0 Å². The van der Waals surface area contributed by atoms with Crippen LogP contribution in [0.1, 0.15) is 13.8 Å². The van der Waals surface area contributed by atoms with E-state index in [2.05, 4.69) is 4.52 Å². The first-order valence-electron chi connectivity index (χ1n) is 4.02. The van der Waals surface area contributed by atoms with Crippen LogP contribution in [0.15, 0.2) is 0 Å². The second-order valence-electron chi connectivity index (χ2n) is 2.71. The van der Waals surface area contributed by atoms with Crippen molar-refractivity contribution in [1.82, 2.24) is 0 Å². The van der Waals surface area contributed by atoms with E-state index in [1.807, 2.05) is 0 Å². The van der Waals surface area contributed by atoms with Gasteiger partial charge in [-0.15, -0.1) is 0 Å². The van der Waals surface area contributed by atoms with Crippen LogP contribution < -0.4 is 0 Å². The number of aliphatic hydroxyl groups is 1. The summed E-state index contributed by atoms with van der Waals surface area (Å²) in [6.45, 7) is 3.95. The Hall–Kier alpha value is 0.230. The molecule has 0 aliphatic rings. The molecule has 80 valence electrons. The summed E-state index contributed by atoms with van der Waals surface area (Å²) >= 11 is 0. The Bertz CT molecular complexity index is 121. The Morgan fingerprint density at radius 2 is 1.92 bits per heavy atom. The predicted molar refractivity (Wildman–Crippen MR) is 49.2 cm³/mol. The molecule has 0 bridgehead atoms. The molecular weight excluding hydrogens is 195 g/mol. The minimum atomic E-state index is -1.78. The molecule has 2 N–H and O–H groups in total. The molecule has 0 aromatic rings. The lowest BCUT2D eigenvalue weighted by molar-refractivity contribution is -0.0153. The van der Waals surface area contributed by atoms with Crippen molar-refractivity contribution < 1.29 is 23.8 Å². The summed E-state index contributed by atoms with van der Waals surface area (Å²) in [5, 5.41) is 8.89. The quantitative estimate of drug-likeness (QED) is 0.606. The van der Waals surface area contributed by atoms with Crippen molar-refractivity contribution in [1.29, 1.82) is 0 Å². The van der Waals surface area contributed by atoms with Crippen LogP contribution >= 0.6 is 8.60 Å². The number of rotatable bonds is 7. The lowest BCUT2D eigenvalue weighted by atomic mass is 10.4. The smallest absolute Gasteiger partial charge is 0.329 e. The monoisotopic (exact) mass is 212 g/mol. The van der Waals surface area contributed by atoms with E-state index in [-0.39, 0.29) is 19.3 Å². The fourth-order valence-corrected chi connectivity index (χ4v) is 1.02. The lowest BCUT2D eigenvalue weighted by Crippen LogP contribution is -2.20. The van der Waals surface area contributed by atoms with Gasteiger partial charge < -0.3 is 23.8 Å². The van der Waals surface area contributed by atoms with Gasteiger partial charge >= 0.3 is 8.60 Å². The van der Waals surface area contributed by atoms with Gasteiger partial charge in [-0.3, -0.25) is 0 Å². The van der Waals surface area contributed by atoms with Crippen LogP contribution in [0.4, 0.5) is 0 Å². The van der Waals surface area contributed by atoms with E-state index in [1.165, 1.54) is 7.11 Å². The highest BCUT2D eigenvalue weighted by atomic mass is 31.2. The molecule has 0 saturated carbocycles. The summed E-state index contributed by atoms with van der Waals surface area (Å²) in [5.41, 5.74) is 0. The van der Waals surface area contributed by atoms with Crippen molar-refractivity contribution in [3.63, 3.8) is 0 Å². The molecular formula is C7H17O5P. The first-order valence-corrected chi connectivity index (χ1v) is 5.15. The van der Waals surface area contributed by atoms with Crippen LogP contribution in [-0.4, -0.2) is 42.5 Å². The van der Waals surface area contributed by atoms with Gasteiger partial charge in [0.25, 0.3) is 0 Å². The molecule has 3 atom stereocenters. The van der Waals surface area contributed by atoms with Gasteiger partial charge in [0, 0.05) is 7.11 Å². The highest BCUT2D eigenvalue weighted by molar-refractivity contribution is 7.40. The SMILES string of the molecule is COP(O)OCC(C)OCC(C)O. The van der Waals surface area contributed by atoms with E-state index in [0.717, 1.165) is 0 Å². The molecule has 0 radical (unpaired) electrons. The van der Waals surface area contributed by atoms with Gasteiger partial charge in [-0.2, -0.15) is 0 Å². The second-order valence-corrected chi connectivity index (χ2v) is 3.81. The van der Waals surface area contributed by atoms with Crippen molar-refractivity contribution in [2.24, 2.45) is 0 Å². The molecule has 6 heteroatoms. The lowest BCUT2D eigenvalue weighted by Gasteiger charge is -2.15. The standard InChI is InChI=1S/C7H17O5P/c1-6(8)4-11-7(2)5-12-13(9)10-3/h6-9H,4-5H2,1-3H3. The summed E-state index contributed by atoms with van der Waals surface area (Å²) in [6, 6.07) is 0. The highest BCUT2D eigenvalue weighted by Gasteiger charge is 2.09. The molecule has 0 aliphatic carbocycles. The van der Waals surface area contributed by atoms with Crippen molar-refractivity contribution in [3.05, 3.63) is 0 Å². The second kappa shape index (κ2) is 7.62. The largest absolute Gasteiger partial charge is 0.391 e. The molecule has 0 aromatic carbocycles. The summed E-state index contributed by atoms with van der Waals surface area (Å²) in [4.78, 5) is 8.90. The van der Waals surface area contributed by atoms with E-state index in [0.29, 0.717) is 0 Å². The summed E-state index contributed by atoms with van der Waals surface area (Å²) < 4.78 is 14.6. The van der Waals surface area contributed by atoms with Gasteiger partial charge in [-0.1, -0.05) is 0 Å². The first-order chi connectivity index (χ1) is 6.06. The minimum absolute atomic E-state index is 0.165. The van der Waals surface area contributed by atoms with Crippen LogP contribution in [0.2, 0.25) is 0 Å². The Morgan fingerprint density at radius 3 is 2.38 bits per heavy atom. The maximum atomic E-state index is 8.90. The van der Waals surface area contributed by atoms with Crippen LogP contribution in [0.3, 0.4) is 0 Å². The van der Waals surface area contributed by atoms with Gasteiger partial charge in [-0.25, -0.2) is 0 Å². The van der Waals surface area contributed by atoms with E-state index in [9.17, 15) is 0 Å². The normalized spacial score (nSPS) is 18.2. The van der Waals surface area contributed by atoms with Gasteiger partial charge in [0.05, 0.1) is 25.4 Å².